The molecule has 0 amide bonds. The van der Waals surface area contributed by atoms with E-state index >= 15 is 0 Å². The van der Waals surface area contributed by atoms with Crippen LogP contribution < -0.4 is 0 Å². The quantitative estimate of drug-likeness (QED) is 0.610. The van der Waals surface area contributed by atoms with Crippen molar-refractivity contribution in [3.63, 3.8) is 0 Å². The lowest BCUT2D eigenvalue weighted by Gasteiger charge is -2.29. The minimum atomic E-state index is -4.62. The number of aliphatic carboxylic acids is 2. The Morgan fingerprint density at radius 3 is 1.89 bits per heavy atom. The van der Waals surface area contributed by atoms with Gasteiger partial charge in [0.05, 0.1) is 11.8 Å². The number of hydrogen-bond donors (Lipinski definition) is 2. The van der Waals surface area contributed by atoms with Gasteiger partial charge in [0.15, 0.2) is 0 Å². The molecule has 0 saturated heterocycles. The van der Waals surface area contributed by atoms with Gasteiger partial charge in [0.1, 0.15) is 0 Å². The Bertz CT molecular complexity index is 368. The van der Waals surface area contributed by atoms with Crippen molar-refractivity contribution in [3.8, 4) is 0 Å². The molecule has 1 saturated carbocycles. The molecule has 1 aliphatic rings. The molecule has 1 rings (SSSR count). The van der Waals surface area contributed by atoms with Crippen LogP contribution in [0.2, 0.25) is 0 Å². The summed E-state index contributed by atoms with van der Waals surface area (Å²) in [5.41, 5.74) is 0. The first-order valence-corrected chi connectivity index (χ1v) is 5.68. The molecule has 3 atom stereocenters. The van der Waals surface area contributed by atoms with Gasteiger partial charge in [-0.1, -0.05) is 0 Å². The number of halogens is 5. The molecule has 1 aliphatic carbocycles. The standard InChI is InChI=1S/C9H9BrF4O4/c10-9(13,14)8(11,12)5-2-3(6(15)16)1-4(5)7(17)18/h3-5H,1-2H2,(H,15,16)(H,17,18)/t3-,4+,5?/m1/s1. The van der Waals surface area contributed by atoms with E-state index < -0.39 is 53.3 Å². The fourth-order valence-corrected chi connectivity index (χ4v) is 2.42. The number of hydrogen-bond acceptors (Lipinski definition) is 2. The SMILES string of the molecule is O=C(O)[C@H]1CC(C(F)(F)C(F)(F)Br)[C@@H](C(=O)O)C1. The molecule has 4 nitrogen and oxygen atoms in total. The molecule has 0 aromatic carbocycles. The molecule has 1 unspecified atom stereocenters. The Morgan fingerprint density at radius 2 is 1.56 bits per heavy atom. The van der Waals surface area contributed by atoms with E-state index in [0.29, 0.717) is 0 Å². The van der Waals surface area contributed by atoms with Crippen molar-refractivity contribution in [2.75, 3.05) is 0 Å². The van der Waals surface area contributed by atoms with Crippen LogP contribution in [-0.4, -0.2) is 32.9 Å². The predicted octanol–water partition coefficient (Wildman–Crippen LogP) is 2.42. The fourth-order valence-electron chi connectivity index (χ4n) is 2.12. The van der Waals surface area contributed by atoms with Crippen LogP contribution >= 0.6 is 15.9 Å². The number of rotatable bonds is 4. The second-order valence-electron chi connectivity index (χ2n) is 4.18. The molecular weight excluding hydrogens is 328 g/mol. The van der Waals surface area contributed by atoms with Crippen LogP contribution in [0, 0.1) is 17.8 Å². The normalized spacial score (nSPS) is 29.3. The smallest absolute Gasteiger partial charge is 0.363 e. The summed E-state index contributed by atoms with van der Waals surface area (Å²) in [6.45, 7) is 0. The van der Waals surface area contributed by atoms with E-state index in [1.807, 2.05) is 0 Å². The lowest BCUT2D eigenvalue weighted by Crippen LogP contribution is -2.45. The molecular formula is C9H9BrF4O4. The molecule has 104 valence electrons. The summed E-state index contributed by atoms with van der Waals surface area (Å²) >= 11 is 1.52. The molecule has 9 heteroatoms. The minimum absolute atomic E-state index is 0.575. The van der Waals surface area contributed by atoms with Crippen LogP contribution in [0.15, 0.2) is 0 Å². The second kappa shape index (κ2) is 4.67. The lowest BCUT2D eigenvalue weighted by molar-refractivity contribution is -0.194. The molecule has 0 aliphatic heterocycles. The van der Waals surface area contributed by atoms with Crippen LogP contribution in [0.3, 0.4) is 0 Å². The Kier molecular flexibility index (Phi) is 3.94. The zero-order chi connectivity index (χ0) is 14.3. The maximum Gasteiger partial charge on any atom is 0.363 e. The summed E-state index contributed by atoms with van der Waals surface area (Å²) in [4.78, 5) is 16.8. The predicted molar refractivity (Wildman–Crippen MR) is 53.8 cm³/mol. The Hall–Kier alpha value is -0.860. The molecule has 0 radical (unpaired) electrons. The summed E-state index contributed by atoms with van der Waals surface area (Å²) in [6, 6.07) is 0. The molecule has 2 N–H and O–H groups in total. The van der Waals surface area contributed by atoms with Crippen LogP contribution in [0.25, 0.3) is 0 Å². The molecule has 0 aromatic rings. The van der Waals surface area contributed by atoms with Crippen molar-refractivity contribution >= 4 is 27.9 Å². The largest absolute Gasteiger partial charge is 0.481 e. The molecule has 0 spiro atoms. The van der Waals surface area contributed by atoms with E-state index in [4.69, 9.17) is 10.2 Å². The summed E-state index contributed by atoms with van der Waals surface area (Å²) in [5, 5.41) is 17.4. The zero-order valence-corrected chi connectivity index (χ0v) is 10.3. The van der Waals surface area contributed by atoms with Crippen LogP contribution in [0.5, 0.6) is 0 Å². The first-order valence-electron chi connectivity index (χ1n) is 4.88. The first kappa shape index (κ1) is 15.2. The van der Waals surface area contributed by atoms with E-state index in [0.717, 1.165) is 0 Å². The lowest BCUT2D eigenvalue weighted by atomic mass is 9.90. The van der Waals surface area contributed by atoms with Crippen molar-refractivity contribution in [1.29, 1.82) is 0 Å². The van der Waals surface area contributed by atoms with Crippen molar-refractivity contribution < 1.29 is 37.4 Å². The minimum Gasteiger partial charge on any atom is -0.481 e. The summed E-state index contributed by atoms with van der Waals surface area (Å²) in [5.74, 6) is -13.1. The average Bonchev–Trinajstić information content (AvgIpc) is 2.60. The molecule has 0 aromatic heterocycles. The van der Waals surface area contributed by atoms with Crippen LogP contribution in [-0.2, 0) is 9.59 Å². The monoisotopic (exact) mass is 336 g/mol. The highest BCUT2D eigenvalue weighted by atomic mass is 79.9. The van der Waals surface area contributed by atoms with Crippen molar-refractivity contribution in [3.05, 3.63) is 0 Å². The van der Waals surface area contributed by atoms with Crippen molar-refractivity contribution in [1.82, 2.24) is 0 Å². The van der Waals surface area contributed by atoms with E-state index in [9.17, 15) is 27.2 Å². The summed E-state index contributed by atoms with van der Waals surface area (Å²) in [6.07, 6.45) is -1.37. The Morgan fingerprint density at radius 1 is 1.06 bits per heavy atom. The van der Waals surface area contributed by atoms with E-state index in [1.165, 1.54) is 15.9 Å². The molecule has 18 heavy (non-hydrogen) atoms. The summed E-state index contributed by atoms with van der Waals surface area (Å²) in [7, 11) is 0. The van der Waals surface area contributed by atoms with Gasteiger partial charge in [0, 0.05) is 5.92 Å². The number of carboxylic acid groups (broad SMARTS) is 2. The van der Waals surface area contributed by atoms with Crippen molar-refractivity contribution in [2.45, 2.75) is 23.6 Å². The number of alkyl halides is 5. The van der Waals surface area contributed by atoms with Gasteiger partial charge in [-0.3, -0.25) is 9.59 Å². The van der Waals surface area contributed by atoms with Gasteiger partial charge in [-0.25, -0.2) is 0 Å². The van der Waals surface area contributed by atoms with Gasteiger partial charge in [-0.15, -0.1) is 0 Å². The topological polar surface area (TPSA) is 74.6 Å². The number of carboxylic acids is 2. The maximum absolute atomic E-state index is 13.4. The third-order valence-electron chi connectivity index (χ3n) is 3.07. The van der Waals surface area contributed by atoms with Gasteiger partial charge >= 0.3 is 22.7 Å². The fraction of sp³-hybridized carbons (Fsp3) is 0.778. The van der Waals surface area contributed by atoms with Gasteiger partial charge in [0.2, 0.25) is 0 Å². The van der Waals surface area contributed by atoms with E-state index in [2.05, 4.69) is 0 Å². The van der Waals surface area contributed by atoms with Crippen molar-refractivity contribution in [2.24, 2.45) is 17.8 Å². The zero-order valence-electron chi connectivity index (χ0n) is 8.75. The molecule has 1 fully saturated rings. The number of carbonyl (C=O) groups is 2. The van der Waals surface area contributed by atoms with Crippen LogP contribution in [0.4, 0.5) is 17.6 Å². The van der Waals surface area contributed by atoms with Gasteiger partial charge < -0.3 is 10.2 Å². The first-order chi connectivity index (χ1) is 7.98. The highest BCUT2D eigenvalue weighted by Gasteiger charge is 2.65. The van der Waals surface area contributed by atoms with Gasteiger partial charge in [-0.2, -0.15) is 17.6 Å². The summed E-state index contributed by atoms with van der Waals surface area (Å²) < 4.78 is 52.3. The highest BCUT2D eigenvalue weighted by molar-refractivity contribution is 9.10. The van der Waals surface area contributed by atoms with E-state index in [-0.39, 0.29) is 0 Å². The van der Waals surface area contributed by atoms with E-state index in [1.54, 1.807) is 0 Å². The maximum atomic E-state index is 13.4. The Balaban J connectivity index is 3.06. The third-order valence-corrected chi connectivity index (χ3v) is 3.60. The Labute approximate surface area is 107 Å². The molecule has 0 heterocycles. The van der Waals surface area contributed by atoms with Gasteiger partial charge in [0.25, 0.3) is 0 Å². The van der Waals surface area contributed by atoms with Crippen LogP contribution in [0.1, 0.15) is 12.8 Å². The average molecular weight is 337 g/mol. The molecule has 0 bridgehead atoms. The highest BCUT2D eigenvalue weighted by Crippen LogP contribution is 2.53. The second-order valence-corrected chi connectivity index (χ2v) is 5.17. The van der Waals surface area contributed by atoms with Gasteiger partial charge in [-0.05, 0) is 28.8 Å². The third kappa shape index (κ3) is 2.60.